The van der Waals surface area contributed by atoms with E-state index in [-0.39, 0.29) is 43.7 Å². The molecule has 2 N–H and O–H groups in total. The van der Waals surface area contributed by atoms with Crippen molar-refractivity contribution in [1.29, 1.82) is 0 Å². The maximum Gasteiger partial charge on any atom is 0.339 e. The van der Waals surface area contributed by atoms with Crippen molar-refractivity contribution < 1.29 is 43.2 Å². The highest BCUT2D eigenvalue weighted by molar-refractivity contribution is 5.90. The largest absolute Gasteiger partial charge is 0.483 e. The molecule has 0 amide bonds. The second-order valence-corrected chi connectivity index (χ2v) is 18.9. The van der Waals surface area contributed by atoms with Gasteiger partial charge < -0.3 is 33.6 Å². The third-order valence-corrected chi connectivity index (χ3v) is 14.3. The van der Waals surface area contributed by atoms with Crippen molar-refractivity contribution in [3.63, 3.8) is 0 Å². The summed E-state index contributed by atoms with van der Waals surface area (Å²) in [6.07, 6.45) is 6.52. The van der Waals surface area contributed by atoms with Crippen molar-refractivity contribution in [2.75, 3.05) is 26.9 Å². The van der Waals surface area contributed by atoms with Gasteiger partial charge in [0, 0.05) is 48.5 Å². The lowest BCUT2D eigenvalue weighted by molar-refractivity contribution is -0.201. The number of methoxy groups -OCH3 is 1. The number of hydrogen-bond acceptors (Lipinski definition) is 10. The minimum Gasteiger partial charge on any atom is -0.483 e. The molecule has 4 aromatic carbocycles. The number of carbonyl (C=O) groups is 2. The molecule has 10 heteroatoms. The SMILES string of the molecule is COCC(CCO)c1cc2ccc3c(c2oc1=O)C1OC(=O)CC(CCc2cccc(Cc4ccccc4)c2)Cc2ccc(cc2)CCC(=C(C)CO)C(=O)OC1C(C)(C1CCCCC1)O3. The van der Waals surface area contributed by atoms with Crippen molar-refractivity contribution in [3.8, 4) is 5.75 Å². The fourth-order valence-corrected chi connectivity index (χ4v) is 10.6. The summed E-state index contributed by atoms with van der Waals surface area (Å²) in [5, 5.41) is 20.8. The lowest BCUT2D eigenvalue weighted by Gasteiger charge is -2.49. The Morgan fingerprint density at radius 2 is 1.56 bits per heavy atom. The molecule has 348 valence electrons. The van der Waals surface area contributed by atoms with Crippen LogP contribution in [-0.4, -0.2) is 60.8 Å². The van der Waals surface area contributed by atoms with E-state index in [0.29, 0.717) is 59.1 Å². The molecule has 0 spiro atoms. The van der Waals surface area contributed by atoms with Crippen LogP contribution in [0.5, 0.6) is 5.75 Å². The van der Waals surface area contributed by atoms with Crippen LogP contribution in [0, 0.1) is 11.8 Å². The van der Waals surface area contributed by atoms with E-state index in [1.807, 2.05) is 25.1 Å². The molecular formula is C56H64O10. The van der Waals surface area contributed by atoms with Gasteiger partial charge in [-0.25, -0.2) is 9.59 Å². The summed E-state index contributed by atoms with van der Waals surface area (Å²) < 4.78 is 32.2. The fraction of sp³-hybridized carbons (Fsp3) is 0.446. The van der Waals surface area contributed by atoms with Crippen molar-refractivity contribution in [2.45, 2.75) is 121 Å². The fourth-order valence-electron chi connectivity index (χ4n) is 10.6. The number of rotatable bonds is 12. The van der Waals surface area contributed by atoms with Gasteiger partial charge in [-0.15, -0.1) is 0 Å². The number of esters is 2. The van der Waals surface area contributed by atoms with Crippen LogP contribution in [0.1, 0.15) is 123 Å². The van der Waals surface area contributed by atoms with Gasteiger partial charge in [0.15, 0.2) is 12.2 Å². The first-order valence-electron chi connectivity index (χ1n) is 23.9. The molecule has 0 saturated heterocycles. The van der Waals surface area contributed by atoms with Crippen molar-refractivity contribution in [1.82, 2.24) is 0 Å². The summed E-state index contributed by atoms with van der Waals surface area (Å²) in [7, 11) is 1.55. The van der Waals surface area contributed by atoms with Gasteiger partial charge in [0.1, 0.15) is 16.9 Å². The zero-order valence-corrected chi connectivity index (χ0v) is 38.6. The number of ether oxygens (including phenoxy) is 4. The molecule has 4 heterocycles. The standard InChI is InChI=1S/C56H64O10/c1-36(34-58)46-25-23-37-17-19-40(20-18-37)31-42(22-21-39-13-10-14-41(30-39)29-38-11-6-4-7-12-38)32-49(59)63-52-50-48(66-56(2,53(52)65-54(46)60)45-15-8-5-9-16-45)26-24-43-33-47(55(61)64-51(43)50)44(27-28-57)35-62-3/h4,6-7,10-14,17-20,24,26,30,33,42,44-45,52-53,57-58H,5,8-9,15-16,21-23,25,27-29,31-32,34-35H2,1-3H3. The van der Waals surface area contributed by atoms with Crippen LogP contribution >= 0.6 is 0 Å². The quantitative estimate of drug-likeness (QED) is 0.0706. The molecule has 10 nitrogen and oxygen atoms in total. The van der Waals surface area contributed by atoms with Gasteiger partial charge in [0.25, 0.3) is 0 Å². The number of aliphatic hydroxyl groups is 2. The molecule has 3 aliphatic heterocycles. The summed E-state index contributed by atoms with van der Waals surface area (Å²) in [4.78, 5) is 43.6. The van der Waals surface area contributed by atoms with Gasteiger partial charge in [0.05, 0.1) is 18.8 Å². The highest BCUT2D eigenvalue weighted by atomic mass is 16.6. The molecule has 0 radical (unpaired) electrons. The molecule has 5 unspecified atom stereocenters. The second kappa shape index (κ2) is 21.4. The van der Waals surface area contributed by atoms with Crippen molar-refractivity contribution >= 4 is 22.9 Å². The molecule has 4 aliphatic rings. The van der Waals surface area contributed by atoms with Crippen LogP contribution in [0.3, 0.4) is 0 Å². The first-order valence-corrected chi connectivity index (χ1v) is 23.9. The van der Waals surface area contributed by atoms with Crippen molar-refractivity contribution in [2.24, 2.45) is 11.8 Å². The van der Waals surface area contributed by atoms with E-state index in [1.165, 1.54) is 16.7 Å². The molecule has 2 bridgehead atoms. The monoisotopic (exact) mass is 896 g/mol. The first-order chi connectivity index (χ1) is 32.1. The predicted molar refractivity (Wildman–Crippen MR) is 253 cm³/mol. The first kappa shape index (κ1) is 47.0. The third-order valence-electron chi connectivity index (χ3n) is 14.3. The van der Waals surface area contributed by atoms with Gasteiger partial charge in [0.2, 0.25) is 0 Å². The summed E-state index contributed by atoms with van der Waals surface area (Å²) >= 11 is 0. The maximum atomic E-state index is 14.9. The van der Waals surface area contributed by atoms with E-state index in [1.54, 1.807) is 20.1 Å². The van der Waals surface area contributed by atoms with E-state index in [2.05, 4.69) is 72.8 Å². The molecule has 1 saturated carbocycles. The summed E-state index contributed by atoms with van der Waals surface area (Å²) in [5.41, 5.74) is 5.76. The predicted octanol–water partition coefficient (Wildman–Crippen LogP) is 9.86. The smallest absolute Gasteiger partial charge is 0.339 e. The van der Waals surface area contributed by atoms with E-state index >= 15 is 0 Å². The Morgan fingerprint density at radius 3 is 2.30 bits per heavy atom. The Balaban J connectivity index is 1.22. The summed E-state index contributed by atoms with van der Waals surface area (Å²) in [6.45, 7) is 3.41. The molecule has 1 fully saturated rings. The molecular weight excluding hydrogens is 833 g/mol. The average Bonchev–Trinajstić information content (AvgIpc) is 3.32. The highest BCUT2D eigenvalue weighted by Gasteiger charge is 2.56. The molecule has 66 heavy (non-hydrogen) atoms. The normalized spacial score (nSPS) is 23.0. The summed E-state index contributed by atoms with van der Waals surface area (Å²) in [5.74, 6) is -1.27. The average molecular weight is 897 g/mol. The van der Waals surface area contributed by atoms with Crippen LogP contribution < -0.4 is 10.4 Å². The highest BCUT2D eigenvalue weighted by Crippen LogP contribution is 2.52. The van der Waals surface area contributed by atoms with Crippen LogP contribution in [0.2, 0.25) is 0 Å². The summed E-state index contributed by atoms with van der Waals surface area (Å²) in [6, 6.07) is 32.8. The maximum absolute atomic E-state index is 14.9. The van der Waals surface area contributed by atoms with Gasteiger partial charge in [-0.2, -0.15) is 0 Å². The molecule has 9 rings (SSSR count). The van der Waals surface area contributed by atoms with E-state index in [9.17, 15) is 24.6 Å². The Labute approximate surface area is 387 Å². The van der Waals surface area contributed by atoms with E-state index < -0.39 is 41.3 Å². The van der Waals surface area contributed by atoms with E-state index in [4.69, 9.17) is 23.4 Å². The minimum absolute atomic E-state index is 0.0582. The molecule has 5 aromatic rings. The van der Waals surface area contributed by atoms with Crippen LogP contribution in [0.25, 0.3) is 11.0 Å². The Hall–Kier alpha value is -5.55. The second-order valence-electron chi connectivity index (χ2n) is 18.9. The zero-order valence-electron chi connectivity index (χ0n) is 38.6. The Kier molecular flexibility index (Phi) is 15.2. The van der Waals surface area contributed by atoms with Gasteiger partial charge in [-0.3, -0.25) is 4.79 Å². The molecule has 1 aromatic heterocycles. The number of aryl methyl sites for hydroxylation is 2. The van der Waals surface area contributed by atoms with E-state index in [0.717, 1.165) is 62.5 Å². The van der Waals surface area contributed by atoms with Gasteiger partial charge in [-0.1, -0.05) is 98.1 Å². The Bertz CT molecular complexity index is 2550. The number of fused-ring (bicyclic) bond motifs is 13. The molecule has 1 aliphatic carbocycles. The zero-order chi connectivity index (χ0) is 46.2. The topological polar surface area (TPSA) is 142 Å². The Morgan fingerprint density at radius 1 is 0.818 bits per heavy atom. The van der Waals surface area contributed by atoms with Crippen LogP contribution in [-0.2, 0) is 49.5 Å². The number of hydrogen-bond donors (Lipinski definition) is 2. The van der Waals surface area contributed by atoms with Crippen LogP contribution in [0.4, 0.5) is 0 Å². The number of aliphatic hydroxyl groups excluding tert-OH is 2. The van der Waals surface area contributed by atoms with Gasteiger partial charge >= 0.3 is 17.6 Å². The van der Waals surface area contributed by atoms with Gasteiger partial charge in [-0.05, 0) is 129 Å². The lowest BCUT2D eigenvalue weighted by atomic mass is 9.71. The van der Waals surface area contributed by atoms with Crippen molar-refractivity contribution in [3.05, 3.63) is 158 Å². The van der Waals surface area contributed by atoms with Crippen LogP contribution in [0.15, 0.2) is 117 Å². The number of benzene rings is 4. The number of carbonyl (C=O) groups excluding carboxylic acids is 2. The lowest BCUT2D eigenvalue weighted by Crippen LogP contribution is -2.58. The minimum atomic E-state index is -1.21. The molecule has 5 atom stereocenters. The third kappa shape index (κ3) is 10.7.